The van der Waals surface area contributed by atoms with Crippen LogP contribution in [0, 0.1) is 12.8 Å². The Bertz CT molecular complexity index is 1040. The number of nitrogens with two attached hydrogens (primary N) is 1. The van der Waals surface area contributed by atoms with Gasteiger partial charge in [-0.2, -0.15) is 0 Å². The van der Waals surface area contributed by atoms with Crippen LogP contribution in [0.15, 0.2) is 60.7 Å². The summed E-state index contributed by atoms with van der Waals surface area (Å²) >= 11 is 0. The number of hydrogen-bond donors (Lipinski definition) is 1. The van der Waals surface area contributed by atoms with Crippen LogP contribution in [0.25, 0.3) is 11.1 Å². The number of nitrogen functional groups attached to an aromatic ring is 1. The topological polar surface area (TPSA) is 89.2 Å². The number of Topliss-reactive ketones (excluding diaryl/α,β-unsaturated/α-hetero) is 1. The van der Waals surface area contributed by atoms with Crippen molar-refractivity contribution in [2.45, 2.75) is 19.8 Å². The molecule has 2 aromatic carbocycles. The molecule has 1 aromatic heterocycles. The lowest BCUT2D eigenvalue weighted by Gasteiger charge is -2.32. The molecular formula is C24H24N4O2. The van der Waals surface area contributed by atoms with Gasteiger partial charge in [-0.3, -0.25) is 9.59 Å². The number of rotatable bonds is 4. The van der Waals surface area contributed by atoms with Gasteiger partial charge in [-0.25, -0.2) is 9.97 Å². The molecule has 0 saturated carbocycles. The molecule has 1 atom stereocenters. The van der Waals surface area contributed by atoms with Crippen LogP contribution in [-0.2, 0) is 0 Å². The molecule has 1 fully saturated rings. The van der Waals surface area contributed by atoms with Gasteiger partial charge in [-0.15, -0.1) is 0 Å². The van der Waals surface area contributed by atoms with Crippen LogP contribution in [-0.4, -0.2) is 39.6 Å². The van der Waals surface area contributed by atoms with Crippen molar-refractivity contribution in [1.29, 1.82) is 0 Å². The van der Waals surface area contributed by atoms with Crippen molar-refractivity contribution in [2.24, 2.45) is 5.92 Å². The Balaban J connectivity index is 1.47. The van der Waals surface area contributed by atoms with E-state index in [0.29, 0.717) is 24.3 Å². The maximum Gasteiger partial charge on any atom is 0.272 e. The number of aromatic nitrogens is 2. The lowest BCUT2D eigenvalue weighted by molar-refractivity contribution is 0.0632. The molecule has 0 spiro atoms. The highest BCUT2D eigenvalue weighted by Gasteiger charge is 2.30. The fourth-order valence-corrected chi connectivity index (χ4v) is 3.93. The van der Waals surface area contributed by atoms with Gasteiger partial charge in [0.15, 0.2) is 5.78 Å². The fraction of sp³-hybridized carbons (Fsp3) is 0.250. The van der Waals surface area contributed by atoms with E-state index in [-0.39, 0.29) is 29.3 Å². The molecule has 30 heavy (non-hydrogen) atoms. The van der Waals surface area contributed by atoms with Crippen molar-refractivity contribution in [1.82, 2.24) is 14.9 Å². The summed E-state index contributed by atoms with van der Waals surface area (Å²) in [5, 5.41) is 0. The smallest absolute Gasteiger partial charge is 0.272 e. The first kappa shape index (κ1) is 19.8. The lowest BCUT2D eigenvalue weighted by atomic mass is 9.89. The van der Waals surface area contributed by atoms with Gasteiger partial charge in [0, 0.05) is 30.3 Å². The molecule has 3 aromatic rings. The van der Waals surface area contributed by atoms with Crippen LogP contribution in [0.5, 0.6) is 0 Å². The Labute approximate surface area is 175 Å². The van der Waals surface area contributed by atoms with Gasteiger partial charge in [-0.05, 0) is 37.0 Å². The molecule has 2 heterocycles. The molecular weight excluding hydrogens is 376 g/mol. The summed E-state index contributed by atoms with van der Waals surface area (Å²) in [4.78, 5) is 35.7. The van der Waals surface area contributed by atoms with E-state index < -0.39 is 0 Å². The number of carbonyl (C=O) groups is 2. The van der Waals surface area contributed by atoms with E-state index in [1.54, 1.807) is 17.9 Å². The van der Waals surface area contributed by atoms with Gasteiger partial charge in [0.2, 0.25) is 5.95 Å². The number of carbonyl (C=O) groups excluding carboxylic acids is 2. The zero-order valence-electron chi connectivity index (χ0n) is 16.9. The summed E-state index contributed by atoms with van der Waals surface area (Å²) in [7, 11) is 0. The molecule has 2 N–H and O–H groups in total. The summed E-state index contributed by atoms with van der Waals surface area (Å²) in [6.07, 6.45) is 1.55. The first-order valence-electron chi connectivity index (χ1n) is 10.1. The van der Waals surface area contributed by atoms with E-state index in [2.05, 4.69) is 9.97 Å². The fourth-order valence-electron chi connectivity index (χ4n) is 3.93. The SMILES string of the molecule is Cc1cc(C(=O)N2CCC[C@H](C(=O)c3ccc(-c4ccccc4)cc3)C2)nc(N)n1. The van der Waals surface area contributed by atoms with Gasteiger partial charge < -0.3 is 10.6 Å². The van der Waals surface area contributed by atoms with Crippen LogP contribution in [0.3, 0.4) is 0 Å². The summed E-state index contributed by atoms with van der Waals surface area (Å²) in [5.41, 5.74) is 9.48. The molecule has 1 aliphatic rings. The van der Waals surface area contributed by atoms with Gasteiger partial charge in [0.1, 0.15) is 5.69 Å². The molecule has 6 nitrogen and oxygen atoms in total. The maximum atomic E-state index is 13.1. The Kier molecular flexibility index (Phi) is 5.57. The minimum Gasteiger partial charge on any atom is -0.368 e. The number of piperidine rings is 1. The summed E-state index contributed by atoms with van der Waals surface area (Å²) in [6.45, 7) is 2.77. The van der Waals surface area contributed by atoms with E-state index in [9.17, 15) is 9.59 Å². The molecule has 4 rings (SSSR count). The van der Waals surface area contributed by atoms with Crippen LogP contribution >= 0.6 is 0 Å². The number of likely N-dealkylation sites (tertiary alicyclic amines) is 1. The minimum absolute atomic E-state index is 0.0745. The largest absolute Gasteiger partial charge is 0.368 e. The second-order valence-electron chi connectivity index (χ2n) is 7.65. The Morgan fingerprint density at radius 2 is 1.70 bits per heavy atom. The standard InChI is InChI=1S/C24H24N4O2/c1-16-14-21(27-24(25)26-16)23(30)28-13-5-8-20(15-28)22(29)19-11-9-18(10-12-19)17-6-3-2-4-7-17/h2-4,6-7,9-12,14,20H,5,8,13,15H2,1H3,(H2,25,26,27)/t20-/m0/s1. The second-order valence-corrected chi connectivity index (χ2v) is 7.65. The minimum atomic E-state index is -0.217. The van der Waals surface area contributed by atoms with E-state index in [0.717, 1.165) is 24.0 Å². The molecule has 1 amide bonds. The van der Waals surface area contributed by atoms with E-state index >= 15 is 0 Å². The van der Waals surface area contributed by atoms with Crippen LogP contribution in [0.4, 0.5) is 5.95 Å². The van der Waals surface area contributed by atoms with Crippen LogP contribution in [0.2, 0.25) is 0 Å². The monoisotopic (exact) mass is 400 g/mol. The van der Waals surface area contributed by atoms with Gasteiger partial charge in [-0.1, -0.05) is 54.6 Å². The predicted molar refractivity (Wildman–Crippen MR) is 116 cm³/mol. The first-order chi connectivity index (χ1) is 14.5. The van der Waals surface area contributed by atoms with E-state index in [4.69, 9.17) is 5.73 Å². The third-order valence-corrected chi connectivity index (χ3v) is 5.45. The second kappa shape index (κ2) is 8.45. The maximum absolute atomic E-state index is 13.1. The summed E-state index contributed by atoms with van der Waals surface area (Å²) in [6, 6.07) is 19.4. The highest BCUT2D eigenvalue weighted by Crippen LogP contribution is 2.25. The molecule has 152 valence electrons. The number of anilines is 1. The molecule has 1 aliphatic heterocycles. The van der Waals surface area contributed by atoms with Crippen molar-refractivity contribution < 1.29 is 9.59 Å². The van der Waals surface area contributed by atoms with Crippen LogP contribution in [0.1, 0.15) is 39.4 Å². The van der Waals surface area contributed by atoms with Gasteiger partial charge in [0.05, 0.1) is 0 Å². The number of nitrogens with zero attached hydrogens (tertiary/aromatic N) is 3. The molecule has 6 heteroatoms. The normalized spacial score (nSPS) is 16.3. The average Bonchev–Trinajstić information content (AvgIpc) is 2.78. The number of amides is 1. The van der Waals surface area contributed by atoms with Crippen LogP contribution < -0.4 is 5.73 Å². The molecule has 0 radical (unpaired) electrons. The van der Waals surface area contributed by atoms with Crippen molar-refractivity contribution in [2.75, 3.05) is 18.8 Å². The Hall–Kier alpha value is -3.54. The predicted octanol–water partition coefficient (Wildman–Crippen LogP) is 3.77. The number of benzene rings is 2. The zero-order valence-corrected chi connectivity index (χ0v) is 16.9. The van der Waals surface area contributed by atoms with Gasteiger partial charge >= 0.3 is 0 Å². The molecule has 1 saturated heterocycles. The average molecular weight is 400 g/mol. The molecule has 0 unspecified atom stereocenters. The van der Waals surface area contributed by atoms with Gasteiger partial charge in [0.25, 0.3) is 5.91 Å². The van der Waals surface area contributed by atoms with Crippen molar-refractivity contribution in [3.05, 3.63) is 77.6 Å². The first-order valence-corrected chi connectivity index (χ1v) is 10.1. The summed E-state index contributed by atoms with van der Waals surface area (Å²) < 4.78 is 0. The highest BCUT2D eigenvalue weighted by atomic mass is 16.2. The molecule has 0 aliphatic carbocycles. The Morgan fingerprint density at radius 1 is 1.00 bits per heavy atom. The third kappa shape index (κ3) is 4.22. The zero-order chi connectivity index (χ0) is 21.1. The lowest BCUT2D eigenvalue weighted by Crippen LogP contribution is -2.42. The molecule has 0 bridgehead atoms. The quantitative estimate of drug-likeness (QED) is 0.674. The van der Waals surface area contributed by atoms with Crippen molar-refractivity contribution >= 4 is 17.6 Å². The van der Waals surface area contributed by atoms with E-state index in [1.165, 1.54) is 0 Å². The van der Waals surface area contributed by atoms with E-state index in [1.807, 2.05) is 54.6 Å². The highest BCUT2D eigenvalue weighted by molar-refractivity contribution is 5.99. The Morgan fingerprint density at radius 3 is 2.40 bits per heavy atom. The summed E-state index contributed by atoms with van der Waals surface area (Å²) in [5.74, 6) is -0.262. The number of aryl methyl sites for hydroxylation is 1. The number of hydrogen-bond acceptors (Lipinski definition) is 5. The third-order valence-electron chi connectivity index (χ3n) is 5.45. The number of ketones is 1. The van der Waals surface area contributed by atoms with Crippen molar-refractivity contribution in [3.8, 4) is 11.1 Å². The van der Waals surface area contributed by atoms with Crippen molar-refractivity contribution in [3.63, 3.8) is 0 Å².